The Labute approximate surface area is 210 Å². The third-order valence-electron chi connectivity index (χ3n) is 6.11. The first-order chi connectivity index (χ1) is 16.3. The lowest BCUT2D eigenvalue weighted by Gasteiger charge is -2.22. The van der Waals surface area contributed by atoms with E-state index in [1.165, 1.54) is 35.2 Å². The van der Waals surface area contributed by atoms with Crippen LogP contribution in [0.1, 0.15) is 31.7 Å². The first kappa shape index (κ1) is 26.8. The Balaban J connectivity index is 1.51. The fraction of sp³-hybridized carbons (Fsp3) is 0.481. The number of hydrogen-bond acceptors (Lipinski definition) is 7. The highest BCUT2D eigenvalue weighted by molar-refractivity contribution is 8.01. The number of esters is 1. The number of carbonyl (C=O) groups excluding carboxylic acids is 2. The maximum Gasteiger partial charge on any atom is 0.315 e. The summed E-state index contributed by atoms with van der Waals surface area (Å²) in [7, 11) is 1.38. The molecule has 4 atom stereocenters. The van der Waals surface area contributed by atoms with Crippen molar-refractivity contribution in [3.8, 4) is 0 Å². The van der Waals surface area contributed by atoms with Crippen LogP contribution in [0.2, 0.25) is 0 Å². The normalized spacial score (nSPS) is 22.4. The number of benzene rings is 2. The third kappa shape index (κ3) is 7.87. The Hall–Kier alpha value is -1.80. The molecule has 0 radical (unpaired) electrons. The Morgan fingerprint density at radius 3 is 2.74 bits per heavy atom. The van der Waals surface area contributed by atoms with Gasteiger partial charge in [0.15, 0.2) is 0 Å². The number of thioether (sulfide) groups is 2. The van der Waals surface area contributed by atoms with Crippen LogP contribution in [0.25, 0.3) is 10.8 Å². The van der Waals surface area contributed by atoms with Crippen molar-refractivity contribution in [3.63, 3.8) is 0 Å². The Morgan fingerprint density at radius 2 is 1.97 bits per heavy atom. The second-order valence-electron chi connectivity index (χ2n) is 8.99. The zero-order valence-corrected chi connectivity index (χ0v) is 21.4. The lowest BCUT2D eigenvalue weighted by atomic mass is 9.93. The summed E-state index contributed by atoms with van der Waals surface area (Å²) in [4.78, 5) is 23.6. The molecule has 0 bridgehead atoms. The van der Waals surface area contributed by atoms with E-state index in [0.717, 1.165) is 24.3 Å². The number of aryl methyl sites for hydroxylation is 1. The number of ketones is 1. The molecule has 0 spiro atoms. The van der Waals surface area contributed by atoms with Gasteiger partial charge >= 0.3 is 5.97 Å². The van der Waals surface area contributed by atoms with Crippen LogP contribution in [-0.2, 0) is 20.7 Å². The molecule has 0 heterocycles. The van der Waals surface area contributed by atoms with Gasteiger partial charge < -0.3 is 14.9 Å². The van der Waals surface area contributed by atoms with Crippen molar-refractivity contribution < 1.29 is 24.5 Å². The molecular formula is C27H34O5S2. The van der Waals surface area contributed by atoms with Crippen LogP contribution in [0.3, 0.4) is 0 Å². The van der Waals surface area contributed by atoms with Crippen molar-refractivity contribution in [2.45, 2.75) is 49.6 Å². The van der Waals surface area contributed by atoms with Gasteiger partial charge in [-0.15, -0.1) is 11.8 Å². The number of ether oxygens (including phenoxy) is 1. The number of aliphatic hydroxyl groups excluding tert-OH is 1. The molecule has 4 unspecified atom stereocenters. The van der Waals surface area contributed by atoms with E-state index in [9.17, 15) is 19.8 Å². The molecule has 2 aromatic carbocycles. The van der Waals surface area contributed by atoms with Gasteiger partial charge in [0.2, 0.25) is 0 Å². The minimum atomic E-state index is -1.03. The highest BCUT2D eigenvalue weighted by Gasteiger charge is 2.40. The number of Topliss-reactive ketones (excluding diaryl/α,β-unsaturated/α-hetero) is 1. The largest absolute Gasteiger partial charge is 0.468 e. The standard InChI is InChI=1S/C27H34O5S2/c1-27(31,12-10-19-8-9-20-6-3-4-7-21(20)16-19)13-11-22-23(28)17-24(29)26(22)34-15-5-14-33-18-25(30)32-2/h3-4,6-9,11,13,16,22-23,26,28,31H,5,10,12,14-15,17-18H2,1-2H3/b13-11+. The van der Waals surface area contributed by atoms with Crippen LogP contribution in [-0.4, -0.2) is 63.3 Å². The van der Waals surface area contributed by atoms with E-state index in [0.29, 0.717) is 12.2 Å². The number of fused-ring (bicyclic) bond motifs is 1. The Morgan fingerprint density at radius 1 is 1.21 bits per heavy atom. The van der Waals surface area contributed by atoms with E-state index < -0.39 is 11.7 Å². The average Bonchev–Trinajstić information content (AvgIpc) is 3.10. The van der Waals surface area contributed by atoms with Crippen LogP contribution in [0.15, 0.2) is 54.6 Å². The number of aliphatic hydroxyl groups is 2. The van der Waals surface area contributed by atoms with Crippen LogP contribution >= 0.6 is 23.5 Å². The maximum atomic E-state index is 12.4. The van der Waals surface area contributed by atoms with Gasteiger partial charge in [0.1, 0.15) is 5.78 Å². The fourth-order valence-corrected chi connectivity index (χ4v) is 6.39. The lowest BCUT2D eigenvalue weighted by molar-refractivity contribution is -0.137. The van der Waals surface area contributed by atoms with Crippen molar-refractivity contribution in [2.75, 3.05) is 24.4 Å². The van der Waals surface area contributed by atoms with Gasteiger partial charge in [0.05, 0.1) is 29.8 Å². The highest BCUT2D eigenvalue weighted by atomic mass is 32.2. The molecule has 0 aliphatic heterocycles. The van der Waals surface area contributed by atoms with E-state index in [-0.39, 0.29) is 29.3 Å². The van der Waals surface area contributed by atoms with Gasteiger partial charge in [0, 0.05) is 12.3 Å². The summed E-state index contributed by atoms with van der Waals surface area (Å²) < 4.78 is 4.63. The van der Waals surface area contributed by atoms with Gasteiger partial charge in [-0.2, -0.15) is 11.8 Å². The molecule has 2 N–H and O–H groups in total. The SMILES string of the molecule is COC(=O)CSCCCSC1C(=O)CC(O)C1/C=C/C(C)(O)CCc1ccc2ccccc2c1. The molecule has 184 valence electrons. The summed E-state index contributed by atoms with van der Waals surface area (Å²) in [6.45, 7) is 1.77. The molecule has 0 amide bonds. The average molecular weight is 503 g/mol. The molecule has 2 aromatic rings. The lowest BCUT2D eigenvalue weighted by Crippen LogP contribution is -2.25. The molecule has 0 saturated heterocycles. The molecule has 34 heavy (non-hydrogen) atoms. The van der Waals surface area contributed by atoms with Crippen molar-refractivity contribution in [3.05, 3.63) is 60.2 Å². The second kappa shape index (κ2) is 12.8. The first-order valence-corrected chi connectivity index (χ1v) is 13.9. The highest BCUT2D eigenvalue weighted by Crippen LogP contribution is 2.35. The minimum Gasteiger partial charge on any atom is -0.468 e. The Bertz CT molecular complexity index is 1000. The number of hydrogen-bond donors (Lipinski definition) is 2. The summed E-state index contributed by atoms with van der Waals surface area (Å²) in [5, 5.41) is 23.5. The number of rotatable bonds is 12. The van der Waals surface area contributed by atoms with E-state index in [2.05, 4.69) is 35.1 Å². The Kier molecular flexibility index (Phi) is 10.1. The van der Waals surface area contributed by atoms with Gasteiger partial charge in [-0.05, 0) is 54.0 Å². The number of carbonyl (C=O) groups is 2. The van der Waals surface area contributed by atoms with Crippen LogP contribution in [0.5, 0.6) is 0 Å². The van der Waals surface area contributed by atoms with Crippen LogP contribution in [0, 0.1) is 5.92 Å². The number of methoxy groups -OCH3 is 1. The van der Waals surface area contributed by atoms with Gasteiger partial charge in [-0.3, -0.25) is 9.59 Å². The summed E-state index contributed by atoms with van der Waals surface area (Å²) in [5.74, 6) is 1.46. The predicted molar refractivity (Wildman–Crippen MR) is 141 cm³/mol. The molecular weight excluding hydrogens is 468 g/mol. The van der Waals surface area contributed by atoms with E-state index in [1.54, 1.807) is 24.8 Å². The van der Waals surface area contributed by atoms with E-state index in [4.69, 9.17) is 0 Å². The fourth-order valence-electron chi connectivity index (χ4n) is 4.09. The van der Waals surface area contributed by atoms with Crippen molar-refractivity contribution in [1.29, 1.82) is 0 Å². The van der Waals surface area contributed by atoms with Crippen molar-refractivity contribution in [1.82, 2.24) is 0 Å². The third-order valence-corrected chi connectivity index (χ3v) is 8.59. The zero-order chi connectivity index (χ0) is 24.6. The van der Waals surface area contributed by atoms with Crippen LogP contribution < -0.4 is 0 Å². The van der Waals surface area contributed by atoms with Gasteiger partial charge in [-0.25, -0.2) is 0 Å². The molecule has 1 fully saturated rings. The predicted octanol–water partition coefficient (Wildman–Crippen LogP) is 4.43. The summed E-state index contributed by atoms with van der Waals surface area (Å²) >= 11 is 3.08. The minimum absolute atomic E-state index is 0.0603. The van der Waals surface area contributed by atoms with Crippen LogP contribution in [0.4, 0.5) is 0 Å². The summed E-state index contributed by atoms with van der Waals surface area (Å²) in [5.41, 5.74) is 0.137. The summed E-state index contributed by atoms with van der Waals surface area (Å²) in [6, 6.07) is 14.6. The van der Waals surface area contributed by atoms with E-state index >= 15 is 0 Å². The quantitative estimate of drug-likeness (QED) is 0.252. The molecule has 1 saturated carbocycles. The molecule has 5 nitrogen and oxygen atoms in total. The van der Waals surface area contributed by atoms with Gasteiger partial charge in [0.25, 0.3) is 0 Å². The maximum absolute atomic E-state index is 12.4. The zero-order valence-electron chi connectivity index (χ0n) is 19.8. The molecule has 0 aromatic heterocycles. The van der Waals surface area contributed by atoms with Crippen molar-refractivity contribution >= 4 is 46.0 Å². The molecule has 1 aliphatic rings. The monoisotopic (exact) mass is 502 g/mol. The topological polar surface area (TPSA) is 83.8 Å². The molecule has 7 heteroatoms. The first-order valence-electron chi connectivity index (χ1n) is 11.7. The second-order valence-corrected chi connectivity index (χ2v) is 11.3. The molecule has 1 aliphatic carbocycles. The van der Waals surface area contributed by atoms with Gasteiger partial charge in [-0.1, -0.05) is 54.6 Å². The summed E-state index contributed by atoms with van der Waals surface area (Å²) in [6.07, 6.45) is 5.17. The van der Waals surface area contributed by atoms with E-state index in [1.807, 2.05) is 18.2 Å². The van der Waals surface area contributed by atoms with Crippen molar-refractivity contribution in [2.24, 2.45) is 5.92 Å². The smallest absolute Gasteiger partial charge is 0.315 e. The molecule has 3 rings (SSSR count).